The summed E-state index contributed by atoms with van der Waals surface area (Å²) in [5.41, 5.74) is 8.35. The van der Waals surface area contributed by atoms with E-state index in [1.54, 1.807) is 6.92 Å². The molecular weight excluding hydrogens is 366 g/mol. The number of nitrogens with one attached hydrogen (secondary N) is 1. The Morgan fingerprint density at radius 3 is 2.66 bits per heavy atom. The normalized spacial score (nSPS) is 17.7. The van der Waals surface area contributed by atoms with Crippen LogP contribution in [0.15, 0.2) is 29.3 Å². The highest BCUT2D eigenvalue weighted by Crippen LogP contribution is 2.27. The van der Waals surface area contributed by atoms with Gasteiger partial charge < -0.3 is 26.2 Å². The van der Waals surface area contributed by atoms with Crippen LogP contribution in [0.4, 0.5) is 5.82 Å². The third-order valence-electron chi connectivity index (χ3n) is 5.17. The molecule has 0 radical (unpaired) electrons. The van der Waals surface area contributed by atoms with Crippen molar-refractivity contribution in [1.82, 2.24) is 10.3 Å². The Kier molecular flexibility index (Phi) is 6.41. The summed E-state index contributed by atoms with van der Waals surface area (Å²) in [6.07, 6.45) is 1.04. The SMILES string of the molecule is Cc1ccc2nc(N3CCC(NCC(C)(C)O)CC3)c(/C(N)=N/C(C)O)cc2c1. The zero-order chi connectivity index (χ0) is 21.2. The molecule has 0 saturated carbocycles. The van der Waals surface area contributed by atoms with E-state index in [9.17, 15) is 10.2 Å². The van der Waals surface area contributed by atoms with Crippen LogP contribution in [0.2, 0.25) is 0 Å². The number of hydrogen-bond donors (Lipinski definition) is 4. The molecule has 2 aromatic rings. The number of hydrogen-bond acceptors (Lipinski definition) is 6. The standard InChI is InChI=1S/C22H33N5O2/c1-14-5-6-19-16(11-14)12-18(20(23)25-15(2)28)21(26-19)27-9-7-17(8-10-27)24-13-22(3,4)29/h5-6,11-12,15,17,24,28-29H,7-10,13H2,1-4H3,(H2,23,25). The summed E-state index contributed by atoms with van der Waals surface area (Å²) in [7, 11) is 0. The molecule has 2 heterocycles. The van der Waals surface area contributed by atoms with Gasteiger partial charge in [-0.15, -0.1) is 0 Å². The Morgan fingerprint density at radius 2 is 2.03 bits per heavy atom. The molecule has 158 valence electrons. The fourth-order valence-electron chi connectivity index (χ4n) is 3.68. The second-order valence-corrected chi connectivity index (χ2v) is 8.66. The fourth-order valence-corrected chi connectivity index (χ4v) is 3.68. The van der Waals surface area contributed by atoms with Gasteiger partial charge in [-0.2, -0.15) is 0 Å². The Hall–Kier alpha value is -2.22. The van der Waals surface area contributed by atoms with Crippen molar-refractivity contribution in [2.24, 2.45) is 10.7 Å². The molecule has 1 aliphatic rings. The van der Waals surface area contributed by atoms with Gasteiger partial charge in [0.2, 0.25) is 0 Å². The molecule has 29 heavy (non-hydrogen) atoms. The Balaban J connectivity index is 1.87. The summed E-state index contributed by atoms with van der Waals surface area (Å²) >= 11 is 0. The van der Waals surface area contributed by atoms with Gasteiger partial charge in [0.1, 0.15) is 17.9 Å². The molecule has 1 aliphatic heterocycles. The van der Waals surface area contributed by atoms with Crippen molar-refractivity contribution in [3.05, 3.63) is 35.4 Å². The smallest absolute Gasteiger partial charge is 0.144 e. The van der Waals surface area contributed by atoms with E-state index in [1.165, 1.54) is 0 Å². The van der Waals surface area contributed by atoms with Gasteiger partial charge in [-0.05, 0) is 58.7 Å². The number of pyridine rings is 1. The van der Waals surface area contributed by atoms with Crippen molar-refractivity contribution in [2.75, 3.05) is 24.5 Å². The maximum Gasteiger partial charge on any atom is 0.144 e. The minimum atomic E-state index is -0.868. The van der Waals surface area contributed by atoms with Gasteiger partial charge in [0.25, 0.3) is 0 Å². The zero-order valence-electron chi connectivity index (χ0n) is 17.8. The number of nitrogens with two attached hydrogens (primary N) is 1. The first-order valence-electron chi connectivity index (χ1n) is 10.3. The van der Waals surface area contributed by atoms with E-state index >= 15 is 0 Å². The predicted octanol–water partition coefficient (Wildman–Crippen LogP) is 1.92. The quantitative estimate of drug-likeness (QED) is 0.437. The molecule has 1 saturated heterocycles. The minimum absolute atomic E-state index is 0.299. The summed E-state index contributed by atoms with van der Waals surface area (Å²) in [6.45, 7) is 9.51. The highest BCUT2D eigenvalue weighted by atomic mass is 16.3. The number of aryl methyl sites for hydroxylation is 1. The molecular formula is C22H33N5O2. The van der Waals surface area contributed by atoms with Gasteiger partial charge in [0.05, 0.1) is 16.7 Å². The number of benzene rings is 1. The van der Waals surface area contributed by atoms with E-state index < -0.39 is 11.8 Å². The molecule has 0 amide bonds. The lowest BCUT2D eigenvalue weighted by molar-refractivity contribution is 0.0752. The van der Waals surface area contributed by atoms with Crippen LogP contribution in [0, 0.1) is 6.92 Å². The van der Waals surface area contributed by atoms with Gasteiger partial charge in [-0.25, -0.2) is 9.98 Å². The van der Waals surface area contributed by atoms with Crippen molar-refractivity contribution >= 4 is 22.6 Å². The van der Waals surface area contributed by atoms with Crippen LogP contribution in [-0.2, 0) is 0 Å². The van der Waals surface area contributed by atoms with E-state index in [0.717, 1.165) is 53.8 Å². The van der Waals surface area contributed by atoms with E-state index in [2.05, 4.69) is 27.3 Å². The predicted molar refractivity (Wildman–Crippen MR) is 118 cm³/mol. The van der Waals surface area contributed by atoms with Crippen LogP contribution in [0.1, 0.15) is 44.7 Å². The number of aromatic nitrogens is 1. The highest BCUT2D eigenvalue weighted by molar-refractivity contribution is 6.04. The number of amidine groups is 1. The molecule has 1 aromatic heterocycles. The first-order valence-corrected chi connectivity index (χ1v) is 10.3. The van der Waals surface area contributed by atoms with Crippen molar-refractivity contribution in [3.63, 3.8) is 0 Å². The molecule has 3 rings (SSSR count). The molecule has 5 N–H and O–H groups in total. The molecule has 1 atom stereocenters. The Labute approximate surface area is 172 Å². The second kappa shape index (κ2) is 8.65. The van der Waals surface area contributed by atoms with Crippen molar-refractivity contribution in [1.29, 1.82) is 0 Å². The number of anilines is 1. The third-order valence-corrected chi connectivity index (χ3v) is 5.17. The number of fused-ring (bicyclic) bond motifs is 1. The van der Waals surface area contributed by atoms with Crippen LogP contribution < -0.4 is 16.0 Å². The number of rotatable bonds is 6. The van der Waals surface area contributed by atoms with Crippen molar-refractivity contribution in [2.45, 2.75) is 58.4 Å². The van der Waals surface area contributed by atoms with E-state index in [-0.39, 0.29) is 0 Å². The Bertz CT molecular complexity index is 881. The average molecular weight is 400 g/mol. The van der Waals surface area contributed by atoms with Gasteiger partial charge in [0, 0.05) is 31.1 Å². The lowest BCUT2D eigenvalue weighted by Crippen LogP contribution is -2.47. The number of piperidine rings is 1. The van der Waals surface area contributed by atoms with Gasteiger partial charge in [-0.1, -0.05) is 11.6 Å². The van der Waals surface area contributed by atoms with E-state index in [0.29, 0.717) is 18.4 Å². The molecule has 1 fully saturated rings. The molecule has 0 bridgehead atoms. The van der Waals surface area contributed by atoms with Gasteiger partial charge in [0.15, 0.2) is 0 Å². The van der Waals surface area contributed by atoms with Crippen LogP contribution in [-0.4, -0.2) is 58.5 Å². The zero-order valence-corrected chi connectivity index (χ0v) is 17.8. The molecule has 1 aromatic carbocycles. The molecule has 0 spiro atoms. The minimum Gasteiger partial charge on any atom is -0.389 e. The van der Waals surface area contributed by atoms with Crippen LogP contribution in [0.5, 0.6) is 0 Å². The molecule has 7 nitrogen and oxygen atoms in total. The molecule has 1 unspecified atom stereocenters. The maximum atomic E-state index is 9.94. The summed E-state index contributed by atoms with van der Waals surface area (Å²) in [4.78, 5) is 11.3. The summed E-state index contributed by atoms with van der Waals surface area (Å²) in [6, 6.07) is 8.55. The summed E-state index contributed by atoms with van der Waals surface area (Å²) in [5, 5.41) is 24.1. The lowest BCUT2D eigenvalue weighted by atomic mass is 10.0. The van der Waals surface area contributed by atoms with E-state index in [4.69, 9.17) is 10.7 Å². The third kappa shape index (κ3) is 5.65. The topological polar surface area (TPSA) is 107 Å². The molecule has 0 aliphatic carbocycles. The number of nitrogens with zero attached hydrogens (tertiary/aromatic N) is 3. The van der Waals surface area contributed by atoms with E-state index in [1.807, 2.05) is 32.9 Å². The second-order valence-electron chi connectivity index (χ2n) is 8.66. The number of aliphatic imine (C=N–C) groups is 1. The van der Waals surface area contributed by atoms with Crippen LogP contribution in [0.25, 0.3) is 10.9 Å². The maximum absolute atomic E-state index is 9.94. The van der Waals surface area contributed by atoms with Crippen molar-refractivity contribution in [3.8, 4) is 0 Å². The van der Waals surface area contributed by atoms with Gasteiger partial charge >= 0.3 is 0 Å². The largest absolute Gasteiger partial charge is 0.389 e. The Morgan fingerprint density at radius 1 is 1.34 bits per heavy atom. The summed E-state index contributed by atoms with van der Waals surface area (Å²) < 4.78 is 0. The highest BCUT2D eigenvalue weighted by Gasteiger charge is 2.25. The average Bonchev–Trinajstić information content (AvgIpc) is 2.64. The fraction of sp³-hybridized carbons (Fsp3) is 0.545. The first-order chi connectivity index (χ1) is 13.6. The van der Waals surface area contributed by atoms with Crippen LogP contribution >= 0.6 is 0 Å². The summed E-state index contributed by atoms with van der Waals surface area (Å²) in [5.74, 6) is 1.11. The monoisotopic (exact) mass is 399 g/mol. The number of aliphatic hydroxyl groups is 2. The lowest BCUT2D eigenvalue weighted by Gasteiger charge is -2.35. The van der Waals surface area contributed by atoms with Crippen LogP contribution in [0.3, 0.4) is 0 Å². The van der Waals surface area contributed by atoms with Crippen molar-refractivity contribution < 1.29 is 10.2 Å². The molecule has 7 heteroatoms. The first kappa shape index (κ1) is 21.5. The van der Waals surface area contributed by atoms with Gasteiger partial charge in [-0.3, -0.25) is 0 Å². The number of aliphatic hydroxyl groups excluding tert-OH is 1.